The first kappa shape index (κ1) is 12.9. The van der Waals surface area contributed by atoms with Crippen molar-refractivity contribution in [1.29, 1.82) is 0 Å². The molecule has 0 aliphatic heterocycles. The highest BCUT2D eigenvalue weighted by molar-refractivity contribution is 14.1. The second-order valence-corrected chi connectivity index (χ2v) is 4.67. The molecule has 0 fully saturated rings. The van der Waals surface area contributed by atoms with Crippen molar-refractivity contribution >= 4 is 34.2 Å². The molecule has 0 radical (unpaired) electrons. The van der Waals surface area contributed by atoms with Crippen molar-refractivity contribution < 1.29 is 9.47 Å². The maximum Gasteiger partial charge on any atom is 0.227 e. The van der Waals surface area contributed by atoms with Crippen LogP contribution in [0.15, 0.2) is 30.6 Å². The average molecular weight is 357 g/mol. The number of ether oxygens (including phenoxy) is 2. The number of anilines is 2. The number of nitrogens with one attached hydrogen (secondary N) is 1. The number of halogens is 1. The number of aromatic nitrogens is 2. The van der Waals surface area contributed by atoms with E-state index in [-0.39, 0.29) is 0 Å². The SMILES string of the molecule is COc1ccc(Nc2ncc(I)cn2)cc1OC. The molecule has 1 aromatic heterocycles. The lowest BCUT2D eigenvalue weighted by Crippen LogP contribution is -1.98. The molecule has 0 saturated heterocycles. The second-order valence-electron chi connectivity index (χ2n) is 3.42. The van der Waals surface area contributed by atoms with Gasteiger partial charge in [0.15, 0.2) is 11.5 Å². The average Bonchev–Trinajstić information content (AvgIpc) is 2.41. The van der Waals surface area contributed by atoms with E-state index in [0.717, 1.165) is 9.26 Å². The van der Waals surface area contributed by atoms with E-state index in [0.29, 0.717) is 17.4 Å². The molecule has 2 rings (SSSR count). The Morgan fingerprint density at radius 2 is 1.72 bits per heavy atom. The molecule has 0 aliphatic rings. The zero-order valence-electron chi connectivity index (χ0n) is 9.98. The number of methoxy groups -OCH3 is 2. The molecule has 0 bridgehead atoms. The fourth-order valence-electron chi connectivity index (χ4n) is 1.42. The first-order valence-electron chi connectivity index (χ1n) is 5.19. The summed E-state index contributed by atoms with van der Waals surface area (Å²) in [6.07, 6.45) is 3.49. The minimum absolute atomic E-state index is 0.544. The van der Waals surface area contributed by atoms with Gasteiger partial charge in [0.25, 0.3) is 0 Å². The van der Waals surface area contributed by atoms with Crippen LogP contribution in [-0.2, 0) is 0 Å². The van der Waals surface area contributed by atoms with Gasteiger partial charge >= 0.3 is 0 Å². The van der Waals surface area contributed by atoms with Crippen LogP contribution < -0.4 is 14.8 Å². The zero-order valence-corrected chi connectivity index (χ0v) is 12.1. The van der Waals surface area contributed by atoms with Crippen molar-refractivity contribution in [3.05, 3.63) is 34.2 Å². The number of benzene rings is 1. The van der Waals surface area contributed by atoms with Crippen molar-refractivity contribution in [2.75, 3.05) is 19.5 Å². The lowest BCUT2D eigenvalue weighted by molar-refractivity contribution is 0.355. The van der Waals surface area contributed by atoms with E-state index in [9.17, 15) is 0 Å². The predicted octanol–water partition coefficient (Wildman–Crippen LogP) is 2.84. The molecular weight excluding hydrogens is 345 g/mol. The number of rotatable bonds is 4. The third kappa shape index (κ3) is 3.00. The van der Waals surface area contributed by atoms with Gasteiger partial charge in [-0.3, -0.25) is 0 Å². The van der Waals surface area contributed by atoms with E-state index in [1.807, 2.05) is 18.2 Å². The van der Waals surface area contributed by atoms with Crippen LogP contribution >= 0.6 is 22.6 Å². The fourth-order valence-corrected chi connectivity index (χ4v) is 1.70. The summed E-state index contributed by atoms with van der Waals surface area (Å²) in [5.74, 6) is 1.89. The largest absolute Gasteiger partial charge is 0.493 e. The molecule has 0 spiro atoms. The summed E-state index contributed by atoms with van der Waals surface area (Å²) in [4.78, 5) is 8.34. The van der Waals surface area contributed by atoms with Crippen LogP contribution in [0, 0.1) is 3.57 Å². The Kier molecular flexibility index (Phi) is 4.19. The summed E-state index contributed by atoms with van der Waals surface area (Å²) in [6, 6.07) is 5.54. The van der Waals surface area contributed by atoms with Crippen LogP contribution in [0.1, 0.15) is 0 Å². The lowest BCUT2D eigenvalue weighted by atomic mass is 10.3. The molecule has 94 valence electrons. The van der Waals surface area contributed by atoms with Gasteiger partial charge in [-0.05, 0) is 34.7 Å². The topological polar surface area (TPSA) is 56.3 Å². The van der Waals surface area contributed by atoms with Crippen molar-refractivity contribution in [2.45, 2.75) is 0 Å². The zero-order chi connectivity index (χ0) is 13.0. The normalized spacial score (nSPS) is 9.94. The molecule has 2 aromatic rings. The lowest BCUT2D eigenvalue weighted by Gasteiger charge is -2.10. The van der Waals surface area contributed by atoms with Crippen molar-refractivity contribution in [3.63, 3.8) is 0 Å². The third-order valence-corrected chi connectivity index (χ3v) is 2.82. The van der Waals surface area contributed by atoms with Gasteiger partial charge in [0.1, 0.15) is 0 Å². The highest BCUT2D eigenvalue weighted by Gasteiger charge is 2.05. The Morgan fingerprint density at radius 3 is 2.33 bits per heavy atom. The Hall–Kier alpha value is -1.57. The van der Waals surface area contributed by atoms with Gasteiger partial charge in [0.2, 0.25) is 5.95 Å². The molecule has 0 amide bonds. The van der Waals surface area contributed by atoms with Gasteiger partial charge in [-0.2, -0.15) is 0 Å². The molecule has 1 aromatic carbocycles. The summed E-state index contributed by atoms with van der Waals surface area (Å²) in [5, 5.41) is 3.10. The molecular formula is C12H12IN3O2. The highest BCUT2D eigenvalue weighted by Crippen LogP contribution is 2.30. The van der Waals surface area contributed by atoms with Crippen LogP contribution in [0.25, 0.3) is 0 Å². The third-order valence-electron chi connectivity index (χ3n) is 2.26. The summed E-state index contributed by atoms with van der Waals surface area (Å²) in [7, 11) is 3.20. The monoisotopic (exact) mass is 357 g/mol. The molecule has 6 heteroatoms. The van der Waals surface area contributed by atoms with Gasteiger partial charge in [-0.25, -0.2) is 9.97 Å². The summed E-state index contributed by atoms with van der Waals surface area (Å²) in [6.45, 7) is 0. The molecule has 0 saturated carbocycles. The van der Waals surface area contributed by atoms with E-state index < -0.39 is 0 Å². The van der Waals surface area contributed by atoms with E-state index in [1.165, 1.54) is 0 Å². The predicted molar refractivity (Wildman–Crippen MR) is 77.6 cm³/mol. The maximum atomic E-state index is 5.23. The molecule has 1 heterocycles. The molecule has 1 N–H and O–H groups in total. The molecule has 0 unspecified atom stereocenters. The van der Waals surface area contributed by atoms with Gasteiger partial charge in [0.05, 0.1) is 14.2 Å². The summed E-state index contributed by atoms with van der Waals surface area (Å²) >= 11 is 2.16. The van der Waals surface area contributed by atoms with Crippen molar-refractivity contribution in [3.8, 4) is 11.5 Å². The van der Waals surface area contributed by atoms with E-state index in [4.69, 9.17) is 9.47 Å². The molecule has 0 atom stereocenters. The Labute approximate surface area is 119 Å². The number of hydrogen-bond acceptors (Lipinski definition) is 5. The second kappa shape index (κ2) is 5.85. The minimum Gasteiger partial charge on any atom is -0.493 e. The Bertz CT molecular complexity index is 531. The first-order chi connectivity index (χ1) is 8.72. The summed E-state index contributed by atoms with van der Waals surface area (Å²) in [5.41, 5.74) is 0.842. The summed E-state index contributed by atoms with van der Waals surface area (Å²) < 4.78 is 11.4. The fraction of sp³-hybridized carbons (Fsp3) is 0.167. The highest BCUT2D eigenvalue weighted by atomic mass is 127. The van der Waals surface area contributed by atoms with Gasteiger partial charge < -0.3 is 14.8 Å². The smallest absolute Gasteiger partial charge is 0.227 e. The van der Waals surface area contributed by atoms with Crippen molar-refractivity contribution in [1.82, 2.24) is 9.97 Å². The van der Waals surface area contributed by atoms with Gasteiger partial charge in [-0.1, -0.05) is 0 Å². The van der Waals surface area contributed by atoms with Crippen LogP contribution in [0.5, 0.6) is 11.5 Å². The van der Waals surface area contributed by atoms with Gasteiger partial charge in [0, 0.05) is 27.7 Å². The quantitative estimate of drug-likeness (QED) is 0.853. The number of hydrogen-bond donors (Lipinski definition) is 1. The van der Waals surface area contributed by atoms with Crippen LogP contribution in [0.3, 0.4) is 0 Å². The molecule has 18 heavy (non-hydrogen) atoms. The standard InChI is InChI=1S/C12H12IN3O2/c1-17-10-4-3-9(5-11(10)18-2)16-12-14-6-8(13)7-15-12/h3-7H,1-2H3,(H,14,15,16). The molecule has 0 aliphatic carbocycles. The van der Waals surface area contributed by atoms with Crippen LogP contribution in [-0.4, -0.2) is 24.2 Å². The van der Waals surface area contributed by atoms with Crippen LogP contribution in [0.2, 0.25) is 0 Å². The van der Waals surface area contributed by atoms with Crippen molar-refractivity contribution in [2.24, 2.45) is 0 Å². The van der Waals surface area contributed by atoms with Crippen LogP contribution in [0.4, 0.5) is 11.6 Å². The Balaban J connectivity index is 2.21. The maximum absolute atomic E-state index is 5.23. The van der Waals surface area contributed by atoms with Gasteiger partial charge in [-0.15, -0.1) is 0 Å². The minimum atomic E-state index is 0.544. The van der Waals surface area contributed by atoms with E-state index >= 15 is 0 Å². The molecule has 5 nitrogen and oxygen atoms in total. The van der Waals surface area contributed by atoms with E-state index in [1.54, 1.807) is 26.6 Å². The number of nitrogens with zero attached hydrogens (tertiary/aromatic N) is 2. The van der Waals surface area contributed by atoms with E-state index in [2.05, 4.69) is 37.9 Å². The first-order valence-corrected chi connectivity index (χ1v) is 6.27. The Morgan fingerprint density at radius 1 is 1.06 bits per heavy atom.